The van der Waals surface area contributed by atoms with E-state index < -0.39 is 0 Å². The number of carbonyl (C=O) groups is 1. The predicted molar refractivity (Wildman–Crippen MR) is 54.9 cm³/mol. The molecule has 0 aromatic rings. The summed E-state index contributed by atoms with van der Waals surface area (Å²) in [6.45, 7) is 3.78. The fraction of sp³-hybridized carbons (Fsp3) is 0.900. The van der Waals surface area contributed by atoms with Crippen molar-refractivity contribution in [3.63, 3.8) is 0 Å². The van der Waals surface area contributed by atoms with E-state index in [2.05, 4.69) is 10.6 Å². The van der Waals surface area contributed by atoms with Crippen molar-refractivity contribution in [2.75, 3.05) is 19.7 Å². The first-order valence-electron chi connectivity index (χ1n) is 5.39. The van der Waals surface area contributed by atoms with E-state index in [1.165, 1.54) is 0 Å². The van der Waals surface area contributed by atoms with Gasteiger partial charge in [-0.3, -0.25) is 4.79 Å². The monoisotopic (exact) mass is 200 g/mol. The maximum Gasteiger partial charge on any atom is 0.224 e. The van der Waals surface area contributed by atoms with Gasteiger partial charge in [0.05, 0.1) is 18.6 Å². The summed E-state index contributed by atoms with van der Waals surface area (Å²) in [5, 5.41) is 15.0. The highest BCUT2D eigenvalue weighted by molar-refractivity contribution is 5.79. The predicted octanol–water partition coefficient (Wildman–Crippen LogP) is -0.127. The Morgan fingerprint density at radius 3 is 3.00 bits per heavy atom. The van der Waals surface area contributed by atoms with Gasteiger partial charge < -0.3 is 15.7 Å². The van der Waals surface area contributed by atoms with Crippen molar-refractivity contribution in [3.05, 3.63) is 0 Å². The fourth-order valence-corrected chi connectivity index (χ4v) is 1.67. The van der Waals surface area contributed by atoms with Crippen molar-refractivity contribution in [2.45, 2.75) is 32.2 Å². The molecule has 4 nitrogen and oxygen atoms in total. The first-order valence-corrected chi connectivity index (χ1v) is 5.39. The van der Waals surface area contributed by atoms with E-state index in [9.17, 15) is 4.79 Å². The molecular weight excluding hydrogens is 180 g/mol. The summed E-state index contributed by atoms with van der Waals surface area (Å²) in [7, 11) is 0. The van der Waals surface area contributed by atoms with E-state index in [1.807, 2.05) is 6.92 Å². The van der Waals surface area contributed by atoms with Gasteiger partial charge in [-0.1, -0.05) is 6.92 Å². The number of amides is 1. The van der Waals surface area contributed by atoms with Gasteiger partial charge in [-0.25, -0.2) is 0 Å². The summed E-state index contributed by atoms with van der Waals surface area (Å²) in [4.78, 5) is 11.7. The third-order valence-corrected chi connectivity index (χ3v) is 2.73. The lowest BCUT2D eigenvalue weighted by atomic mass is 9.98. The van der Waals surface area contributed by atoms with Crippen molar-refractivity contribution >= 4 is 5.91 Å². The summed E-state index contributed by atoms with van der Waals surface area (Å²) >= 11 is 0. The van der Waals surface area contributed by atoms with E-state index in [1.54, 1.807) is 0 Å². The van der Waals surface area contributed by atoms with E-state index in [-0.39, 0.29) is 24.5 Å². The Morgan fingerprint density at radius 1 is 1.71 bits per heavy atom. The highest BCUT2D eigenvalue weighted by Gasteiger charge is 2.22. The molecule has 3 N–H and O–H groups in total. The minimum absolute atomic E-state index is 0.0301. The zero-order valence-corrected chi connectivity index (χ0v) is 8.75. The molecule has 0 bridgehead atoms. The number of hydrogen-bond acceptors (Lipinski definition) is 3. The topological polar surface area (TPSA) is 61.4 Å². The minimum atomic E-state index is -0.0792. The number of nitrogens with one attached hydrogen (secondary N) is 2. The number of carbonyl (C=O) groups excluding carboxylic acids is 1. The average Bonchev–Trinajstić information content (AvgIpc) is 2.26. The Hall–Kier alpha value is -0.610. The maximum atomic E-state index is 11.7. The van der Waals surface area contributed by atoms with Crippen LogP contribution in [0.3, 0.4) is 0 Å². The molecule has 0 aliphatic carbocycles. The second-order valence-corrected chi connectivity index (χ2v) is 3.84. The van der Waals surface area contributed by atoms with Gasteiger partial charge in [0.15, 0.2) is 0 Å². The van der Waals surface area contributed by atoms with Crippen LogP contribution in [0.2, 0.25) is 0 Å². The van der Waals surface area contributed by atoms with Crippen LogP contribution in [0.5, 0.6) is 0 Å². The molecule has 82 valence electrons. The third kappa shape index (κ3) is 3.27. The minimum Gasteiger partial charge on any atom is -0.394 e. The fourth-order valence-electron chi connectivity index (χ4n) is 1.67. The molecule has 0 radical (unpaired) electrons. The first kappa shape index (κ1) is 11.5. The van der Waals surface area contributed by atoms with Gasteiger partial charge in [0.2, 0.25) is 5.91 Å². The lowest BCUT2D eigenvalue weighted by Gasteiger charge is -2.24. The van der Waals surface area contributed by atoms with Crippen molar-refractivity contribution in [1.82, 2.24) is 10.6 Å². The maximum absolute atomic E-state index is 11.7. The molecule has 0 aromatic heterocycles. The van der Waals surface area contributed by atoms with Gasteiger partial charge >= 0.3 is 0 Å². The van der Waals surface area contributed by atoms with Gasteiger partial charge in [-0.05, 0) is 25.8 Å². The van der Waals surface area contributed by atoms with Crippen molar-refractivity contribution < 1.29 is 9.90 Å². The summed E-state index contributed by atoms with van der Waals surface area (Å²) in [5.74, 6) is 0.169. The standard InChI is InChI=1S/C10H20N2O2/c1-2-9(7-13)12-10(14)8-4-3-5-11-6-8/h8-9,11,13H,2-7H2,1H3,(H,12,14)/t8-,9-/m0/s1. The smallest absolute Gasteiger partial charge is 0.224 e. The Kier molecular flexibility index (Phi) is 4.90. The second kappa shape index (κ2) is 5.98. The molecular formula is C10H20N2O2. The molecule has 1 rings (SSSR count). The number of aliphatic hydroxyl groups excluding tert-OH is 1. The number of hydrogen-bond donors (Lipinski definition) is 3. The molecule has 4 heteroatoms. The Labute approximate surface area is 85.1 Å². The normalized spacial score (nSPS) is 24.3. The zero-order chi connectivity index (χ0) is 10.4. The molecule has 1 amide bonds. The summed E-state index contributed by atoms with van der Waals surface area (Å²) in [6, 6.07) is -0.0792. The van der Waals surface area contributed by atoms with Crippen LogP contribution < -0.4 is 10.6 Å². The van der Waals surface area contributed by atoms with Crippen LogP contribution in [0.1, 0.15) is 26.2 Å². The van der Waals surface area contributed by atoms with Crippen LogP contribution in [-0.4, -0.2) is 36.8 Å². The van der Waals surface area contributed by atoms with Crippen LogP contribution in [0, 0.1) is 5.92 Å². The molecule has 0 unspecified atom stereocenters. The quantitative estimate of drug-likeness (QED) is 0.592. The van der Waals surface area contributed by atoms with Gasteiger partial charge in [0.1, 0.15) is 0 Å². The highest BCUT2D eigenvalue weighted by atomic mass is 16.3. The Morgan fingerprint density at radius 2 is 2.50 bits per heavy atom. The van der Waals surface area contributed by atoms with E-state index >= 15 is 0 Å². The second-order valence-electron chi connectivity index (χ2n) is 3.84. The van der Waals surface area contributed by atoms with Gasteiger partial charge in [-0.2, -0.15) is 0 Å². The van der Waals surface area contributed by atoms with Crippen LogP contribution >= 0.6 is 0 Å². The third-order valence-electron chi connectivity index (χ3n) is 2.73. The van der Waals surface area contributed by atoms with Crippen LogP contribution in [-0.2, 0) is 4.79 Å². The Balaban J connectivity index is 2.32. The molecule has 0 spiro atoms. The number of aliphatic hydroxyl groups is 1. The number of rotatable bonds is 4. The summed E-state index contributed by atoms with van der Waals surface area (Å²) in [6.07, 6.45) is 2.80. The summed E-state index contributed by atoms with van der Waals surface area (Å²) < 4.78 is 0. The number of piperidine rings is 1. The van der Waals surface area contributed by atoms with Crippen LogP contribution in [0.25, 0.3) is 0 Å². The summed E-state index contributed by atoms with van der Waals surface area (Å²) in [5.41, 5.74) is 0. The van der Waals surface area contributed by atoms with Crippen molar-refractivity contribution in [1.29, 1.82) is 0 Å². The molecule has 14 heavy (non-hydrogen) atoms. The van der Waals surface area contributed by atoms with E-state index in [4.69, 9.17) is 5.11 Å². The molecule has 1 fully saturated rings. The zero-order valence-electron chi connectivity index (χ0n) is 8.75. The largest absolute Gasteiger partial charge is 0.394 e. The molecule has 1 aliphatic heterocycles. The van der Waals surface area contributed by atoms with E-state index in [0.29, 0.717) is 0 Å². The average molecular weight is 200 g/mol. The molecule has 0 saturated carbocycles. The Bertz CT molecular complexity index is 175. The molecule has 1 heterocycles. The van der Waals surface area contributed by atoms with Crippen molar-refractivity contribution in [2.24, 2.45) is 5.92 Å². The molecule has 2 atom stereocenters. The van der Waals surface area contributed by atoms with E-state index in [0.717, 1.165) is 32.4 Å². The lowest BCUT2D eigenvalue weighted by molar-refractivity contribution is -0.126. The molecule has 0 aromatic carbocycles. The van der Waals surface area contributed by atoms with Gasteiger partial charge in [-0.15, -0.1) is 0 Å². The SMILES string of the molecule is CC[C@@H](CO)NC(=O)[C@H]1CCCNC1. The molecule has 1 aliphatic rings. The highest BCUT2D eigenvalue weighted by Crippen LogP contribution is 2.10. The first-order chi connectivity index (χ1) is 6.77. The lowest BCUT2D eigenvalue weighted by Crippen LogP contribution is -2.45. The van der Waals surface area contributed by atoms with Gasteiger partial charge in [0.25, 0.3) is 0 Å². The molecule has 1 saturated heterocycles. The van der Waals surface area contributed by atoms with Crippen LogP contribution in [0.15, 0.2) is 0 Å². The van der Waals surface area contributed by atoms with Gasteiger partial charge in [0, 0.05) is 6.54 Å². The van der Waals surface area contributed by atoms with Crippen LogP contribution in [0.4, 0.5) is 0 Å². The van der Waals surface area contributed by atoms with Crippen molar-refractivity contribution in [3.8, 4) is 0 Å².